The van der Waals surface area contributed by atoms with Crippen molar-refractivity contribution in [3.63, 3.8) is 0 Å². The maximum absolute atomic E-state index is 13.2. The number of halogens is 1. The first-order valence-electron chi connectivity index (χ1n) is 8.85. The zero-order chi connectivity index (χ0) is 18.0. The van der Waals surface area contributed by atoms with Gasteiger partial charge in [0.05, 0.1) is 12.0 Å². The second kappa shape index (κ2) is 7.12. The Morgan fingerprint density at radius 3 is 2.60 bits per heavy atom. The minimum absolute atomic E-state index is 0.00426. The molecule has 5 nitrogen and oxygen atoms in total. The first-order chi connectivity index (χ1) is 12.0. The lowest BCUT2D eigenvalue weighted by atomic mass is 9.66. The van der Waals surface area contributed by atoms with Crippen LogP contribution in [0.5, 0.6) is 0 Å². The van der Waals surface area contributed by atoms with E-state index in [2.05, 4.69) is 5.32 Å². The zero-order valence-electron chi connectivity index (χ0n) is 14.5. The molecule has 2 atom stereocenters. The van der Waals surface area contributed by atoms with E-state index in [1.807, 2.05) is 0 Å². The monoisotopic (exact) mass is 348 g/mol. The highest BCUT2D eigenvalue weighted by Crippen LogP contribution is 2.43. The van der Waals surface area contributed by atoms with Crippen LogP contribution in [-0.4, -0.2) is 42.0 Å². The molecule has 0 bridgehead atoms. The molecule has 1 aromatic carbocycles. The number of aliphatic hydroxyl groups is 1. The van der Waals surface area contributed by atoms with Crippen LogP contribution in [0.15, 0.2) is 24.3 Å². The van der Waals surface area contributed by atoms with Crippen molar-refractivity contribution in [1.29, 1.82) is 0 Å². The molecular weight excluding hydrogens is 323 g/mol. The molecule has 136 valence electrons. The molecule has 1 aromatic rings. The SMILES string of the molecule is CN1C(=O)CC(C(=O)NCC2(CCO)CCC2)C1c1ccc(F)cc1. The summed E-state index contributed by atoms with van der Waals surface area (Å²) in [6.45, 7) is 0.662. The highest BCUT2D eigenvalue weighted by molar-refractivity contribution is 5.90. The molecule has 1 saturated heterocycles. The van der Waals surface area contributed by atoms with Gasteiger partial charge >= 0.3 is 0 Å². The van der Waals surface area contributed by atoms with E-state index in [1.165, 1.54) is 12.1 Å². The Morgan fingerprint density at radius 1 is 1.36 bits per heavy atom. The van der Waals surface area contributed by atoms with E-state index in [9.17, 15) is 19.1 Å². The van der Waals surface area contributed by atoms with Crippen molar-refractivity contribution in [1.82, 2.24) is 10.2 Å². The van der Waals surface area contributed by atoms with Gasteiger partial charge in [0.15, 0.2) is 0 Å². The van der Waals surface area contributed by atoms with Crippen molar-refractivity contribution < 1.29 is 19.1 Å². The number of likely N-dealkylation sites (tertiary alicyclic amines) is 1. The Balaban J connectivity index is 1.71. The summed E-state index contributed by atoms with van der Waals surface area (Å²) in [4.78, 5) is 26.5. The Bertz CT molecular complexity index is 643. The van der Waals surface area contributed by atoms with E-state index < -0.39 is 5.92 Å². The Kier molecular flexibility index (Phi) is 5.08. The lowest BCUT2D eigenvalue weighted by Crippen LogP contribution is -2.45. The van der Waals surface area contributed by atoms with Crippen molar-refractivity contribution in [2.45, 2.75) is 38.1 Å². The summed E-state index contributed by atoms with van der Waals surface area (Å²) in [6.07, 6.45) is 4.01. The maximum Gasteiger partial charge on any atom is 0.226 e. The molecule has 0 radical (unpaired) electrons. The molecule has 1 aliphatic heterocycles. The number of hydrogen-bond donors (Lipinski definition) is 2. The van der Waals surface area contributed by atoms with E-state index in [0.717, 1.165) is 24.8 Å². The van der Waals surface area contributed by atoms with Gasteiger partial charge in [-0.2, -0.15) is 0 Å². The van der Waals surface area contributed by atoms with Crippen LogP contribution in [0, 0.1) is 17.2 Å². The summed E-state index contributed by atoms with van der Waals surface area (Å²) in [7, 11) is 1.68. The predicted octanol–water partition coefficient (Wildman–Crippen LogP) is 2.01. The number of nitrogens with one attached hydrogen (secondary N) is 1. The van der Waals surface area contributed by atoms with Crippen LogP contribution in [0.2, 0.25) is 0 Å². The number of rotatable bonds is 6. The summed E-state index contributed by atoms with van der Waals surface area (Å²) in [6, 6.07) is 5.60. The van der Waals surface area contributed by atoms with E-state index >= 15 is 0 Å². The average Bonchev–Trinajstić information content (AvgIpc) is 2.86. The Labute approximate surface area is 147 Å². The third-order valence-electron chi connectivity index (χ3n) is 5.83. The molecule has 25 heavy (non-hydrogen) atoms. The molecule has 1 saturated carbocycles. The van der Waals surface area contributed by atoms with Gasteiger partial charge in [0.2, 0.25) is 11.8 Å². The van der Waals surface area contributed by atoms with Gasteiger partial charge in [0, 0.05) is 26.6 Å². The molecule has 2 N–H and O–H groups in total. The minimum atomic E-state index is -0.478. The van der Waals surface area contributed by atoms with Crippen molar-refractivity contribution in [2.75, 3.05) is 20.2 Å². The van der Waals surface area contributed by atoms with Crippen LogP contribution >= 0.6 is 0 Å². The number of carbonyl (C=O) groups excluding carboxylic acids is 2. The second-order valence-corrected chi connectivity index (χ2v) is 7.36. The summed E-state index contributed by atoms with van der Waals surface area (Å²) in [5.74, 6) is -1.04. The molecule has 6 heteroatoms. The number of amides is 2. The van der Waals surface area contributed by atoms with Crippen molar-refractivity contribution in [3.8, 4) is 0 Å². The van der Waals surface area contributed by atoms with E-state index in [4.69, 9.17) is 0 Å². The van der Waals surface area contributed by atoms with Gasteiger partial charge in [0.25, 0.3) is 0 Å². The summed E-state index contributed by atoms with van der Waals surface area (Å²) < 4.78 is 13.2. The number of hydrogen-bond acceptors (Lipinski definition) is 3. The number of nitrogens with zero attached hydrogens (tertiary/aromatic N) is 1. The fourth-order valence-corrected chi connectivity index (χ4v) is 4.06. The molecular formula is C19H25FN2O3. The van der Waals surface area contributed by atoms with Crippen LogP contribution in [-0.2, 0) is 9.59 Å². The maximum atomic E-state index is 13.2. The van der Waals surface area contributed by atoms with Gasteiger partial charge < -0.3 is 15.3 Å². The van der Waals surface area contributed by atoms with Crippen LogP contribution in [0.1, 0.15) is 43.7 Å². The van der Waals surface area contributed by atoms with Gasteiger partial charge in [-0.15, -0.1) is 0 Å². The van der Waals surface area contributed by atoms with Gasteiger partial charge in [-0.1, -0.05) is 18.6 Å². The van der Waals surface area contributed by atoms with Crippen molar-refractivity contribution in [2.24, 2.45) is 11.3 Å². The standard InChI is InChI=1S/C19H25FN2O3/c1-22-16(24)11-15(17(22)13-3-5-14(20)6-4-13)18(25)21-12-19(9-10-23)7-2-8-19/h3-6,15,17,23H,2,7-12H2,1H3,(H,21,25). The average molecular weight is 348 g/mol. The van der Waals surface area contributed by atoms with Gasteiger partial charge in [-0.25, -0.2) is 4.39 Å². The minimum Gasteiger partial charge on any atom is -0.396 e. The summed E-state index contributed by atoms with van der Waals surface area (Å²) in [5, 5.41) is 12.2. The highest BCUT2D eigenvalue weighted by Gasteiger charge is 2.44. The molecule has 0 aromatic heterocycles. The van der Waals surface area contributed by atoms with E-state index in [0.29, 0.717) is 13.0 Å². The highest BCUT2D eigenvalue weighted by atomic mass is 19.1. The molecule has 2 aliphatic rings. The van der Waals surface area contributed by atoms with Gasteiger partial charge in [0.1, 0.15) is 5.82 Å². The number of aliphatic hydroxyl groups excluding tert-OH is 1. The molecule has 2 amide bonds. The molecule has 2 fully saturated rings. The first kappa shape index (κ1) is 17.9. The quantitative estimate of drug-likeness (QED) is 0.826. The first-order valence-corrected chi connectivity index (χ1v) is 8.85. The van der Waals surface area contributed by atoms with Crippen LogP contribution in [0.3, 0.4) is 0 Å². The van der Waals surface area contributed by atoms with Crippen molar-refractivity contribution in [3.05, 3.63) is 35.6 Å². The second-order valence-electron chi connectivity index (χ2n) is 7.36. The molecule has 1 aliphatic carbocycles. The Morgan fingerprint density at radius 2 is 2.04 bits per heavy atom. The smallest absolute Gasteiger partial charge is 0.226 e. The molecule has 0 spiro atoms. The fraction of sp³-hybridized carbons (Fsp3) is 0.579. The summed E-state index contributed by atoms with van der Waals surface area (Å²) >= 11 is 0. The largest absolute Gasteiger partial charge is 0.396 e. The molecule has 2 unspecified atom stereocenters. The molecule has 3 rings (SSSR count). The van der Waals surface area contributed by atoms with Gasteiger partial charge in [-0.05, 0) is 42.4 Å². The van der Waals surface area contributed by atoms with Crippen LogP contribution < -0.4 is 5.32 Å². The number of carbonyl (C=O) groups is 2. The summed E-state index contributed by atoms with van der Waals surface area (Å²) in [5.41, 5.74) is 0.771. The number of benzene rings is 1. The predicted molar refractivity (Wildman–Crippen MR) is 91.0 cm³/mol. The normalized spacial score (nSPS) is 24.9. The topological polar surface area (TPSA) is 69.6 Å². The van der Waals surface area contributed by atoms with Crippen LogP contribution in [0.25, 0.3) is 0 Å². The van der Waals surface area contributed by atoms with E-state index in [1.54, 1.807) is 24.1 Å². The zero-order valence-corrected chi connectivity index (χ0v) is 14.5. The Hall–Kier alpha value is -1.95. The van der Waals surface area contributed by atoms with Crippen molar-refractivity contribution >= 4 is 11.8 Å². The van der Waals surface area contributed by atoms with Gasteiger partial charge in [-0.3, -0.25) is 9.59 Å². The third-order valence-corrected chi connectivity index (χ3v) is 5.83. The lowest BCUT2D eigenvalue weighted by molar-refractivity contribution is -0.128. The molecule has 1 heterocycles. The lowest BCUT2D eigenvalue weighted by Gasteiger charge is -2.42. The van der Waals surface area contributed by atoms with Crippen LogP contribution in [0.4, 0.5) is 4.39 Å². The fourth-order valence-electron chi connectivity index (χ4n) is 4.06. The van der Waals surface area contributed by atoms with E-state index in [-0.39, 0.29) is 42.1 Å². The third kappa shape index (κ3) is 3.54.